The molecule has 5 rings (SSSR count). The van der Waals surface area contributed by atoms with Crippen LogP contribution in [-0.2, 0) is 13.1 Å². The second-order valence-corrected chi connectivity index (χ2v) is 8.83. The first-order chi connectivity index (χ1) is 16.5. The second-order valence-electron chi connectivity index (χ2n) is 7.95. The van der Waals surface area contributed by atoms with Crippen molar-refractivity contribution in [3.63, 3.8) is 0 Å². The van der Waals surface area contributed by atoms with Crippen LogP contribution < -0.4 is 0 Å². The minimum Gasteiger partial charge on any atom is -0.439 e. The molecule has 0 N–H and O–H groups in total. The molecular weight excluding hydrogens is 467 g/mol. The van der Waals surface area contributed by atoms with E-state index in [4.69, 9.17) is 27.6 Å². The van der Waals surface area contributed by atoms with Crippen molar-refractivity contribution in [1.29, 1.82) is 0 Å². The lowest BCUT2D eigenvalue weighted by molar-refractivity contribution is 0.0715. The van der Waals surface area contributed by atoms with E-state index >= 15 is 0 Å². The molecule has 4 aromatic carbocycles. The summed E-state index contributed by atoms with van der Waals surface area (Å²) in [7, 11) is 0. The molecule has 6 heteroatoms. The SMILES string of the molecule is O=C(c1ccc(-c2ccccc2)cc1)N(Cc1cccc(Cl)c1)Cc1nc2cc(Cl)ccc2o1. The second kappa shape index (κ2) is 9.72. The van der Waals surface area contributed by atoms with Gasteiger partial charge in [-0.3, -0.25) is 4.79 Å². The highest BCUT2D eigenvalue weighted by molar-refractivity contribution is 6.31. The van der Waals surface area contributed by atoms with Crippen LogP contribution in [0.1, 0.15) is 21.8 Å². The van der Waals surface area contributed by atoms with Gasteiger partial charge in [0.15, 0.2) is 5.58 Å². The Kier molecular flexibility index (Phi) is 6.35. The van der Waals surface area contributed by atoms with Crippen molar-refractivity contribution >= 4 is 40.2 Å². The van der Waals surface area contributed by atoms with Crippen LogP contribution in [-0.4, -0.2) is 15.8 Å². The normalized spacial score (nSPS) is 11.0. The van der Waals surface area contributed by atoms with E-state index in [0.717, 1.165) is 16.7 Å². The Morgan fingerprint density at radius 3 is 2.26 bits per heavy atom. The molecule has 168 valence electrons. The zero-order chi connectivity index (χ0) is 23.5. The largest absolute Gasteiger partial charge is 0.439 e. The van der Waals surface area contributed by atoms with Gasteiger partial charge >= 0.3 is 0 Å². The molecule has 1 heterocycles. The van der Waals surface area contributed by atoms with Crippen molar-refractivity contribution in [3.05, 3.63) is 124 Å². The molecule has 34 heavy (non-hydrogen) atoms. The number of aromatic nitrogens is 1. The van der Waals surface area contributed by atoms with Gasteiger partial charge in [-0.25, -0.2) is 4.98 Å². The van der Waals surface area contributed by atoms with Crippen molar-refractivity contribution in [2.24, 2.45) is 0 Å². The number of hydrogen-bond acceptors (Lipinski definition) is 3. The summed E-state index contributed by atoms with van der Waals surface area (Å²) in [6, 6.07) is 30.4. The maximum Gasteiger partial charge on any atom is 0.254 e. The molecule has 0 spiro atoms. The summed E-state index contributed by atoms with van der Waals surface area (Å²) in [6.45, 7) is 0.567. The van der Waals surface area contributed by atoms with Crippen LogP contribution in [0.3, 0.4) is 0 Å². The van der Waals surface area contributed by atoms with E-state index in [9.17, 15) is 4.79 Å². The molecule has 5 aromatic rings. The van der Waals surface area contributed by atoms with Gasteiger partial charge in [0.2, 0.25) is 5.89 Å². The van der Waals surface area contributed by atoms with Gasteiger partial charge in [-0.05, 0) is 59.2 Å². The third-order valence-electron chi connectivity index (χ3n) is 5.51. The van der Waals surface area contributed by atoms with E-state index < -0.39 is 0 Å². The van der Waals surface area contributed by atoms with Crippen LogP contribution in [0.5, 0.6) is 0 Å². The van der Waals surface area contributed by atoms with Crippen molar-refractivity contribution in [2.75, 3.05) is 0 Å². The van der Waals surface area contributed by atoms with E-state index in [0.29, 0.717) is 39.1 Å². The molecular formula is C28H20Cl2N2O2. The first-order valence-electron chi connectivity index (χ1n) is 10.8. The summed E-state index contributed by atoms with van der Waals surface area (Å²) in [4.78, 5) is 19.8. The lowest BCUT2D eigenvalue weighted by atomic mass is 10.0. The topological polar surface area (TPSA) is 46.3 Å². The Morgan fingerprint density at radius 2 is 1.50 bits per heavy atom. The molecule has 0 unspecified atom stereocenters. The third kappa shape index (κ3) is 4.98. The Hall–Kier alpha value is -3.60. The standard InChI is InChI=1S/C28H20Cl2N2O2/c29-23-8-4-5-19(15-23)17-32(18-27-31-25-16-24(30)13-14-26(25)34-27)28(33)22-11-9-21(10-12-22)20-6-2-1-3-7-20/h1-16H,17-18H2. The summed E-state index contributed by atoms with van der Waals surface area (Å²) in [5.41, 5.74) is 4.94. The molecule has 1 amide bonds. The number of oxazole rings is 1. The van der Waals surface area contributed by atoms with E-state index in [2.05, 4.69) is 4.98 Å². The van der Waals surface area contributed by atoms with Crippen molar-refractivity contribution < 1.29 is 9.21 Å². The molecule has 0 atom stereocenters. The predicted octanol–water partition coefficient (Wildman–Crippen LogP) is 7.64. The summed E-state index contributed by atoms with van der Waals surface area (Å²) >= 11 is 12.3. The van der Waals surface area contributed by atoms with Crippen LogP contribution in [0.25, 0.3) is 22.2 Å². The Morgan fingerprint density at radius 1 is 0.765 bits per heavy atom. The molecule has 0 bridgehead atoms. The average molecular weight is 487 g/mol. The van der Waals surface area contributed by atoms with Gasteiger partial charge in [0.1, 0.15) is 5.52 Å². The number of carbonyl (C=O) groups is 1. The van der Waals surface area contributed by atoms with Crippen molar-refractivity contribution in [2.45, 2.75) is 13.1 Å². The molecule has 0 fully saturated rings. The first kappa shape index (κ1) is 22.2. The van der Waals surface area contributed by atoms with Gasteiger partial charge in [0, 0.05) is 22.2 Å². The van der Waals surface area contributed by atoms with E-state index in [1.165, 1.54) is 0 Å². The number of benzene rings is 4. The number of nitrogens with zero attached hydrogens (tertiary/aromatic N) is 2. The molecule has 0 aliphatic rings. The van der Waals surface area contributed by atoms with E-state index in [1.807, 2.05) is 78.9 Å². The van der Waals surface area contributed by atoms with Gasteiger partial charge in [-0.15, -0.1) is 0 Å². The van der Waals surface area contributed by atoms with Gasteiger partial charge < -0.3 is 9.32 Å². The van der Waals surface area contributed by atoms with E-state index in [-0.39, 0.29) is 12.5 Å². The molecule has 0 aliphatic heterocycles. The van der Waals surface area contributed by atoms with E-state index in [1.54, 1.807) is 23.1 Å². The summed E-state index contributed by atoms with van der Waals surface area (Å²) < 4.78 is 5.89. The minimum atomic E-state index is -0.125. The fraction of sp³-hybridized carbons (Fsp3) is 0.0714. The highest BCUT2D eigenvalue weighted by Gasteiger charge is 2.20. The number of carbonyl (C=O) groups excluding carboxylic acids is 1. The summed E-state index contributed by atoms with van der Waals surface area (Å²) in [6.07, 6.45) is 0. The monoisotopic (exact) mass is 486 g/mol. The molecule has 1 aromatic heterocycles. The minimum absolute atomic E-state index is 0.125. The number of halogens is 2. The Balaban J connectivity index is 1.44. The number of fused-ring (bicyclic) bond motifs is 1. The third-order valence-corrected chi connectivity index (χ3v) is 5.98. The molecule has 0 saturated heterocycles. The van der Waals surface area contributed by atoms with Crippen molar-refractivity contribution in [3.8, 4) is 11.1 Å². The highest BCUT2D eigenvalue weighted by atomic mass is 35.5. The predicted molar refractivity (Wildman–Crippen MR) is 136 cm³/mol. The summed E-state index contributed by atoms with van der Waals surface area (Å²) in [5.74, 6) is 0.313. The highest BCUT2D eigenvalue weighted by Crippen LogP contribution is 2.24. The smallest absolute Gasteiger partial charge is 0.254 e. The zero-order valence-corrected chi connectivity index (χ0v) is 19.6. The van der Waals surface area contributed by atoms with Crippen LogP contribution in [0.15, 0.2) is 101 Å². The van der Waals surface area contributed by atoms with Gasteiger partial charge in [-0.2, -0.15) is 0 Å². The number of amides is 1. The van der Waals surface area contributed by atoms with Crippen LogP contribution >= 0.6 is 23.2 Å². The summed E-state index contributed by atoms with van der Waals surface area (Å²) in [5, 5.41) is 1.20. The molecule has 4 nitrogen and oxygen atoms in total. The van der Waals surface area contributed by atoms with Crippen LogP contribution in [0.4, 0.5) is 0 Å². The first-order valence-corrected chi connectivity index (χ1v) is 11.5. The quantitative estimate of drug-likeness (QED) is 0.247. The van der Waals surface area contributed by atoms with Crippen molar-refractivity contribution in [1.82, 2.24) is 9.88 Å². The molecule has 0 aliphatic carbocycles. The lowest BCUT2D eigenvalue weighted by Gasteiger charge is -2.22. The van der Waals surface area contributed by atoms with Crippen LogP contribution in [0.2, 0.25) is 10.0 Å². The molecule has 0 radical (unpaired) electrons. The van der Waals surface area contributed by atoms with Gasteiger partial charge in [-0.1, -0.05) is 77.8 Å². The van der Waals surface area contributed by atoms with Gasteiger partial charge in [0.05, 0.1) is 6.54 Å². The maximum atomic E-state index is 13.6. The van der Waals surface area contributed by atoms with Gasteiger partial charge in [0.25, 0.3) is 5.91 Å². The zero-order valence-electron chi connectivity index (χ0n) is 18.1. The van der Waals surface area contributed by atoms with Crippen LogP contribution in [0, 0.1) is 0 Å². The number of rotatable bonds is 6. The average Bonchev–Trinajstić information content (AvgIpc) is 3.25. The fourth-order valence-corrected chi connectivity index (χ4v) is 4.23. The molecule has 0 saturated carbocycles. The number of hydrogen-bond donors (Lipinski definition) is 0. The Bertz CT molecular complexity index is 1450. The maximum absolute atomic E-state index is 13.6. The fourth-order valence-electron chi connectivity index (χ4n) is 3.85. The lowest BCUT2D eigenvalue weighted by Crippen LogP contribution is -2.30. The Labute approximate surface area is 207 Å².